The van der Waals surface area contributed by atoms with Crippen molar-refractivity contribution in [3.05, 3.63) is 95.6 Å². The molecule has 0 amide bonds. The fourth-order valence-electron chi connectivity index (χ4n) is 4.56. The zero-order chi connectivity index (χ0) is 24.6. The monoisotopic (exact) mass is 481 g/mol. The number of aliphatic hydroxyl groups excluding tert-OH is 1. The molecular weight excluding hydrogens is 460 g/mol. The number of nitrogens with zero attached hydrogens (tertiary/aromatic N) is 1. The molecule has 1 aliphatic heterocycles. The summed E-state index contributed by atoms with van der Waals surface area (Å²) in [4.78, 5) is 1.44. The lowest BCUT2D eigenvalue weighted by Crippen LogP contribution is -2.44. The highest BCUT2D eigenvalue weighted by Gasteiger charge is 2.47. The van der Waals surface area contributed by atoms with Crippen LogP contribution in [-0.2, 0) is 11.8 Å². The van der Waals surface area contributed by atoms with Gasteiger partial charge in [0.15, 0.2) is 6.10 Å². The molecule has 0 bridgehead atoms. The van der Waals surface area contributed by atoms with Crippen LogP contribution in [0.2, 0.25) is 0 Å². The van der Waals surface area contributed by atoms with Crippen molar-refractivity contribution in [3.63, 3.8) is 0 Å². The van der Waals surface area contributed by atoms with Crippen LogP contribution in [-0.4, -0.2) is 36.8 Å². The molecular formula is C25H21F6NO2. The van der Waals surface area contributed by atoms with Gasteiger partial charge in [-0.15, -0.1) is 13.2 Å². The number of hydrogen-bond acceptors (Lipinski definition) is 3. The number of hydrogen-bond donors (Lipinski definition) is 1. The molecule has 0 aliphatic carbocycles. The summed E-state index contributed by atoms with van der Waals surface area (Å²) in [6.45, 7) is -0.667. The van der Waals surface area contributed by atoms with Gasteiger partial charge in [0.1, 0.15) is 5.75 Å². The van der Waals surface area contributed by atoms with Crippen molar-refractivity contribution in [1.29, 1.82) is 0 Å². The molecule has 0 saturated heterocycles. The molecule has 34 heavy (non-hydrogen) atoms. The maximum atomic E-state index is 13.2. The van der Waals surface area contributed by atoms with E-state index >= 15 is 0 Å². The molecule has 0 aromatic heterocycles. The van der Waals surface area contributed by atoms with Gasteiger partial charge in [-0.25, -0.2) is 0 Å². The largest absolute Gasteiger partial charge is 0.573 e. The van der Waals surface area contributed by atoms with E-state index < -0.39 is 36.4 Å². The highest BCUT2D eigenvalue weighted by Crippen LogP contribution is 2.48. The van der Waals surface area contributed by atoms with Crippen LogP contribution in [0.5, 0.6) is 5.75 Å². The Morgan fingerprint density at radius 3 is 2.24 bits per heavy atom. The number of rotatable bonds is 6. The highest BCUT2D eigenvalue weighted by atomic mass is 19.4. The molecule has 3 aromatic carbocycles. The van der Waals surface area contributed by atoms with Gasteiger partial charge in [0.25, 0.3) is 0 Å². The van der Waals surface area contributed by atoms with E-state index in [1.54, 1.807) is 30.3 Å². The number of para-hydroxylation sites is 1. The van der Waals surface area contributed by atoms with Crippen molar-refractivity contribution in [2.24, 2.45) is 0 Å². The molecule has 2 atom stereocenters. The number of halogens is 6. The first-order valence-electron chi connectivity index (χ1n) is 10.5. The third-order valence-corrected chi connectivity index (χ3v) is 5.96. The molecule has 3 aromatic rings. The second-order valence-electron chi connectivity index (χ2n) is 8.28. The Morgan fingerprint density at radius 2 is 1.56 bits per heavy atom. The molecule has 2 unspecified atom stereocenters. The maximum Gasteiger partial charge on any atom is 0.573 e. The van der Waals surface area contributed by atoms with E-state index in [1.807, 2.05) is 30.3 Å². The van der Waals surface area contributed by atoms with Gasteiger partial charge in [-0.3, -0.25) is 0 Å². The Balaban J connectivity index is 1.83. The number of ether oxygens (including phenoxy) is 1. The number of aliphatic hydroxyl groups is 1. The molecule has 1 heterocycles. The van der Waals surface area contributed by atoms with E-state index in [1.165, 1.54) is 23.1 Å². The summed E-state index contributed by atoms with van der Waals surface area (Å²) in [5.41, 5.74) is 1.50. The summed E-state index contributed by atoms with van der Waals surface area (Å²) in [6, 6.07) is 21.5. The summed E-state index contributed by atoms with van der Waals surface area (Å²) in [6.07, 6.45) is -12.0. The summed E-state index contributed by atoms with van der Waals surface area (Å²) in [5, 5.41) is 9.76. The van der Waals surface area contributed by atoms with Gasteiger partial charge < -0.3 is 14.7 Å². The first-order valence-corrected chi connectivity index (χ1v) is 10.5. The number of alkyl halides is 6. The fourth-order valence-corrected chi connectivity index (χ4v) is 4.56. The molecule has 0 radical (unpaired) electrons. The van der Waals surface area contributed by atoms with Gasteiger partial charge >= 0.3 is 12.5 Å². The van der Waals surface area contributed by atoms with Crippen molar-refractivity contribution in [2.75, 3.05) is 18.0 Å². The lowest BCUT2D eigenvalue weighted by Gasteiger charge is -2.33. The zero-order valence-electron chi connectivity index (χ0n) is 17.8. The third-order valence-electron chi connectivity index (χ3n) is 5.96. The van der Waals surface area contributed by atoms with Gasteiger partial charge in [-0.1, -0.05) is 60.7 Å². The molecule has 1 aliphatic rings. The van der Waals surface area contributed by atoms with Gasteiger partial charge in [-0.2, -0.15) is 13.2 Å². The smallest absolute Gasteiger partial charge is 0.406 e. The lowest BCUT2D eigenvalue weighted by atomic mass is 9.71. The van der Waals surface area contributed by atoms with E-state index in [9.17, 15) is 31.4 Å². The zero-order valence-corrected chi connectivity index (χ0v) is 17.8. The van der Waals surface area contributed by atoms with E-state index in [2.05, 4.69) is 4.74 Å². The van der Waals surface area contributed by atoms with Crippen molar-refractivity contribution in [2.45, 2.75) is 30.5 Å². The molecule has 1 N–H and O–H groups in total. The Labute approximate surface area is 192 Å². The normalized spacial score (nSPS) is 19.1. The lowest BCUT2D eigenvalue weighted by molar-refractivity contribution is -0.274. The summed E-state index contributed by atoms with van der Waals surface area (Å²) < 4.78 is 82.2. The van der Waals surface area contributed by atoms with Crippen LogP contribution >= 0.6 is 0 Å². The fraction of sp³-hybridized carbons (Fsp3) is 0.280. The Hall–Kier alpha value is -3.20. The molecule has 0 spiro atoms. The quantitative estimate of drug-likeness (QED) is 0.448. The second-order valence-corrected chi connectivity index (χ2v) is 8.28. The number of β-amino-alcohol motifs (C(OH)–C–C–N with tert-alkyl or cyclic N) is 1. The molecule has 9 heteroatoms. The molecule has 3 nitrogen and oxygen atoms in total. The van der Waals surface area contributed by atoms with Crippen molar-refractivity contribution in [3.8, 4) is 5.75 Å². The molecule has 0 fully saturated rings. The van der Waals surface area contributed by atoms with E-state index in [0.717, 1.165) is 5.56 Å². The second kappa shape index (κ2) is 8.87. The van der Waals surface area contributed by atoms with Gasteiger partial charge in [0, 0.05) is 17.6 Å². The van der Waals surface area contributed by atoms with Crippen LogP contribution in [0.15, 0.2) is 78.9 Å². The topological polar surface area (TPSA) is 32.7 Å². The predicted molar refractivity (Wildman–Crippen MR) is 115 cm³/mol. The van der Waals surface area contributed by atoms with Crippen molar-refractivity contribution in [1.82, 2.24) is 0 Å². The number of anilines is 1. The summed E-state index contributed by atoms with van der Waals surface area (Å²) in [7, 11) is 0. The standard InChI is InChI=1S/C25H21F6NO2/c26-24(27,28)22(33)15-32-16-23(14-17-7-2-1-3-8-17,20-11-4-5-12-21(20)32)18-9-6-10-19(13-18)34-25(29,30)31/h1-13,22,33H,14-16H2. The van der Waals surface area contributed by atoms with E-state index in [4.69, 9.17) is 0 Å². The first kappa shape index (κ1) is 23.9. The van der Waals surface area contributed by atoms with Crippen LogP contribution in [0.25, 0.3) is 0 Å². The minimum absolute atomic E-state index is 0.0316. The first-order chi connectivity index (χ1) is 16.0. The van der Waals surface area contributed by atoms with Crippen LogP contribution < -0.4 is 9.64 Å². The van der Waals surface area contributed by atoms with Gasteiger partial charge in [-0.05, 0) is 41.3 Å². The van der Waals surface area contributed by atoms with Crippen molar-refractivity contribution >= 4 is 5.69 Å². The van der Waals surface area contributed by atoms with Crippen LogP contribution in [0.1, 0.15) is 16.7 Å². The molecule has 4 rings (SSSR count). The predicted octanol–water partition coefficient (Wildman–Crippen LogP) is 5.86. The number of benzene rings is 3. The Kier molecular flexibility index (Phi) is 6.24. The van der Waals surface area contributed by atoms with Crippen molar-refractivity contribution < 1.29 is 36.2 Å². The number of fused-ring (bicyclic) bond motifs is 1. The summed E-state index contributed by atoms with van der Waals surface area (Å²) in [5.74, 6) is -0.413. The average Bonchev–Trinajstić information content (AvgIpc) is 3.07. The average molecular weight is 481 g/mol. The van der Waals surface area contributed by atoms with E-state index in [0.29, 0.717) is 23.2 Å². The van der Waals surface area contributed by atoms with Crippen LogP contribution in [0.3, 0.4) is 0 Å². The van der Waals surface area contributed by atoms with Gasteiger partial charge in [0.05, 0.1) is 6.54 Å². The van der Waals surface area contributed by atoms with E-state index in [-0.39, 0.29) is 6.54 Å². The van der Waals surface area contributed by atoms with Crippen LogP contribution in [0.4, 0.5) is 32.0 Å². The Morgan fingerprint density at radius 1 is 0.882 bits per heavy atom. The minimum atomic E-state index is -4.89. The Bertz CT molecular complexity index is 1130. The summed E-state index contributed by atoms with van der Waals surface area (Å²) >= 11 is 0. The molecule has 180 valence electrons. The highest BCUT2D eigenvalue weighted by molar-refractivity contribution is 5.67. The van der Waals surface area contributed by atoms with Crippen LogP contribution in [0, 0.1) is 0 Å². The maximum absolute atomic E-state index is 13.2. The minimum Gasteiger partial charge on any atom is -0.406 e. The third kappa shape index (κ3) is 4.99. The molecule has 0 saturated carbocycles. The SMILES string of the molecule is OC(CN1CC(Cc2ccccc2)(c2cccc(OC(F)(F)F)c2)c2ccccc21)C(F)(F)F. The van der Waals surface area contributed by atoms with Gasteiger partial charge in [0.2, 0.25) is 0 Å².